The lowest BCUT2D eigenvalue weighted by Gasteiger charge is -2.07. The Morgan fingerprint density at radius 2 is 2.22 bits per heavy atom. The molecule has 0 saturated heterocycles. The van der Waals surface area contributed by atoms with Crippen molar-refractivity contribution in [3.05, 3.63) is 24.0 Å². The first-order chi connectivity index (χ1) is 8.63. The number of hydrogen-bond donors (Lipinski definition) is 2. The molecule has 0 aliphatic carbocycles. The highest BCUT2D eigenvalue weighted by Crippen LogP contribution is 2.15. The molecule has 3 N–H and O–H groups in total. The highest BCUT2D eigenvalue weighted by atomic mass is 19.1. The molecule has 0 atom stereocenters. The normalized spacial score (nSPS) is 10.3. The van der Waals surface area contributed by atoms with E-state index in [4.69, 9.17) is 15.2 Å². The van der Waals surface area contributed by atoms with E-state index in [9.17, 15) is 9.18 Å². The number of amides is 1. The van der Waals surface area contributed by atoms with Gasteiger partial charge in [0.25, 0.3) is 0 Å². The predicted molar refractivity (Wildman–Crippen MR) is 66.8 cm³/mol. The van der Waals surface area contributed by atoms with Crippen LogP contribution in [-0.2, 0) is 14.3 Å². The molecule has 0 unspecified atom stereocenters. The molecule has 1 aromatic rings. The summed E-state index contributed by atoms with van der Waals surface area (Å²) < 4.78 is 22.8. The van der Waals surface area contributed by atoms with Gasteiger partial charge < -0.3 is 20.5 Å². The minimum Gasteiger partial charge on any atom is -0.396 e. The van der Waals surface area contributed by atoms with E-state index >= 15 is 0 Å². The van der Waals surface area contributed by atoms with Crippen LogP contribution < -0.4 is 11.1 Å². The second kappa shape index (κ2) is 7.62. The number of nitrogens with two attached hydrogens (primary N) is 1. The van der Waals surface area contributed by atoms with Crippen LogP contribution in [0.5, 0.6) is 0 Å². The molecule has 5 nitrogen and oxygen atoms in total. The van der Waals surface area contributed by atoms with E-state index in [2.05, 4.69) is 5.32 Å². The highest BCUT2D eigenvalue weighted by Gasteiger charge is 2.04. The number of ether oxygens (including phenoxy) is 2. The third-order valence-electron chi connectivity index (χ3n) is 2.15. The Kier molecular flexibility index (Phi) is 6.10. The van der Waals surface area contributed by atoms with Gasteiger partial charge in [0.2, 0.25) is 5.91 Å². The second-order valence-electron chi connectivity index (χ2n) is 3.68. The highest BCUT2D eigenvalue weighted by molar-refractivity contribution is 5.92. The first kappa shape index (κ1) is 14.4. The maximum absolute atomic E-state index is 12.9. The first-order valence-corrected chi connectivity index (χ1v) is 5.55. The number of anilines is 2. The predicted octanol–water partition coefficient (Wildman–Crippen LogP) is 1.40. The molecular formula is C12H17FN2O3. The average molecular weight is 256 g/mol. The van der Waals surface area contributed by atoms with Crippen LogP contribution in [0.1, 0.15) is 6.42 Å². The van der Waals surface area contributed by atoms with Gasteiger partial charge in [-0.15, -0.1) is 0 Å². The Labute approximate surface area is 105 Å². The number of rotatable bonds is 7. The minimum absolute atomic E-state index is 0.00573. The molecule has 0 radical (unpaired) electrons. The van der Waals surface area contributed by atoms with Gasteiger partial charge in [0.05, 0.1) is 5.69 Å². The lowest BCUT2D eigenvalue weighted by atomic mass is 10.2. The minimum atomic E-state index is -0.510. The fraction of sp³-hybridized carbons (Fsp3) is 0.417. The Bertz CT molecular complexity index is 399. The monoisotopic (exact) mass is 256 g/mol. The quantitative estimate of drug-likeness (QED) is 0.571. The molecule has 1 amide bonds. The number of carbonyl (C=O) groups excluding carboxylic acids is 1. The zero-order valence-electron chi connectivity index (χ0n) is 10.2. The van der Waals surface area contributed by atoms with Gasteiger partial charge in [0.15, 0.2) is 0 Å². The van der Waals surface area contributed by atoms with Crippen molar-refractivity contribution in [3.63, 3.8) is 0 Å². The van der Waals surface area contributed by atoms with Crippen LogP contribution in [-0.4, -0.2) is 32.8 Å². The van der Waals surface area contributed by atoms with Crippen LogP contribution in [0, 0.1) is 5.82 Å². The molecule has 0 fully saturated rings. The Morgan fingerprint density at radius 3 is 2.89 bits per heavy atom. The summed E-state index contributed by atoms with van der Waals surface area (Å²) in [7, 11) is 1.60. The van der Waals surface area contributed by atoms with Crippen molar-refractivity contribution in [1.29, 1.82) is 0 Å². The summed E-state index contributed by atoms with van der Waals surface area (Å²) in [6, 6.07) is 4.00. The molecule has 6 heteroatoms. The summed E-state index contributed by atoms with van der Waals surface area (Å²) in [6.07, 6.45) is 0.729. The van der Waals surface area contributed by atoms with Crippen LogP contribution >= 0.6 is 0 Å². The van der Waals surface area contributed by atoms with E-state index in [1.165, 1.54) is 18.2 Å². The lowest BCUT2D eigenvalue weighted by molar-refractivity contribution is -0.120. The number of nitrogens with one attached hydrogen (secondary N) is 1. The maximum atomic E-state index is 12.9. The fourth-order valence-electron chi connectivity index (χ4n) is 1.29. The number of hydrogen-bond acceptors (Lipinski definition) is 4. The standard InChI is InChI=1S/C12H17FN2O3/c1-17-5-2-6-18-8-12(16)15-9-3-4-10(13)11(14)7-9/h3-4,7H,2,5-6,8,14H2,1H3,(H,15,16). The van der Waals surface area contributed by atoms with E-state index in [1.807, 2.05) is 0 Å². The average Bonchev–Trinajstić information content (AvgIpc) is 2.34. The van der Waals surface area contributed by atoms with Crippen LogP contribution in [0.2, 0.25) is 0 Å². The summed E-state index contributed by atoms with van der Waals surface area (Å²) in [6.45, 7) is 0.990. The van der Waals surface area contributed by atoms with Crippen LogP contribution in [0.3, 0.4) is 0 Å². The molecule has 100 valence electrons. The summed E-state index contributed by atoms with van der Waals surface area (Å²) in [4.78, 5) is 11.4. The number of carbonyl (C=O) groups is 1. The smallest absolute Gasteiger partial charge is 0.250 e. The summed E-state index contributed by atoms with van der Waals surface area (Å²) in [5.41, 5.74) is 5.82. The molecule has 0 bridgehead atoms. The molecule has 0 spiro atoms. The van der Waals surface area contributed by atoms with Gasteiger partial charge >= 0.3 is 0 Å². The van der Waals surface area contributed by atoms with E-state index in [1.54, 1.807) is 7.11 Å². The molecule has 1 rings (SSSR count). The Morgan fingerprint density at radius 1 is 1.44 bits per heavy atom. The van der Waals surface area contributed by atoms with Crippen molar-refractivity contribution in [2.24, 2.45) is 0 Å². The second-order valence-corrected chi connectivity index (χ2v) is 3.68. The fourth-order valence-corrected chi connectivity index (χ4v) is 1.29. The van der Waals surface area contributed by atoms with Gasteiger partial charge in [-0.1, -0.05) is 0 Å². The van der Waals surface area contributed by atoms with Gasteiger partial charge in [-0.2, -0.15) is 0 Å². The third-order valence-corrected chi connectivity index (χ3v) is 2.15. The number of benzene rings is 1. The molecule has 0 aliphatic rings. The molecule has 18 heavy (non-hydrogen) atoms. The third kappa shape index (κ3) is 5.11. The van der Waals surface area contributed by atoms with Crippen molar-refractivity contribution in [2.45, 2.75) is 6.42 Å². The van der Waals surface area contributed by atoms with Gasteiger partial charge in [0.1, 0.15) is 12.4 Å². The van der Waals surface area contributed by atoms with Crippen molar-refractivity contribution in [3.8, 4) is 0 Å². The molecule has 0 aromatic heterocycles. The van der Waals surface area contributed by atoms with Gasteiger partial charge in [0, 0.05) is 26.0 Å². The lowest BCUT2D eigenvalue weighted by Crippen LogP contribution is -2.19. The molecule has 0 aliphatic heterocycles. The summed E-state index contributed by atoms with van der Waals surface area (Å²) in [5.74, 6) is -0.817. The molecule has 1 aromatic carbocycles. The van der Waals surface area contributed by atoms with Gasteiger partial charge in [-0.3, -0.25) is 4.79 Å². The Hall–Kier alpha value is -1.66. The van der Waals surface area contributed by atoms with Crippen LogP contribution in [0.4, 0.5) is 15.8 Å². The van der Waals surface area contributed by atoms with Gasteiger partial charge in [-0.05, 0) is 24.6 Å². The summed E-state index contributed by atoms with van der Waals surface area (Å²) in [5, 5.41) is 2.56. The molecular weight excluding hydrogens is 239 g/mol. The van der Waals surface area contributed by atoms with Crippen molar-refractivity contribution < 1.29 is 18.7 Å². The number of methoxy groups -OCH3 is 1. The number of halogens is 1. The van der Waals surface area contributed by atoms with E-state index in [-0.39, 0.29) is 18.2 Å². The number of nitrogen functional groups attached to an aromatic ring is 1. The zero-order valence-corrected chi connectivity index (χ0v) is 10.2. The Balaban J connectivity index is 2.29. The van der Waals surface area contributed by atoms with E-state index < -0.39 is 5.82 Å². The van der Waals surface area contributed by atoms with Crippen LogP contribution in [0.25, 0.3) is 0 Å². The van der Waals surface area contributed by atoms with E-state index in [0.717, 1.165) is 6.42 Å². The van der Waals surface area contributed by atoms with Crippen molar-refractivity contribution >= 4 is 17.3 Å². The van der Waals surface area contributed by atoms with Crippen molar-refractivity contribution in [2.75, 3.05) is 38.0 Å². The SMILES string of the molecule is COCCCOCC(=O)Nc1ccc(F)c(N)c1. The molecule has 0 saturated carbocycles. The maximum Gasteiger partial charge on any atom is 0.250 e. The van der Waals surface area contributed by atoms with Crippen molar-refractivity contribution in [1.82, 2.24) is 0 Å². The topological polar surface area (TPSA) is 73.6 Å². The van der Waals surface area contributed by atoms with E-state index in [0.29, 0.717) is 18.9 Å². The van der Waals surface area contributed by atoms with Crippen LogP contribution in [0.15, 0.2) is 18.2 Å². The summed E-state index contributed by atoms with van der Waals surface area (Å²) >= 11 is 0. The van der Waals surface area contributed by atoms with Gasteiger partial charge in [-0.25, -0.2) is 4.39 Å². The molecule has 0 heterocycles. The first-order valence-electron chi connectivity index (χ1n) is 5.55. The largest absolute Gasteiger partial charge is 0.396 e. The zero-order chi connectivity index (χ0) is 13.4.